The molecule has 2 rings (SSSR count). The summed E-state index contributed by atoms with van der Waals surface area (Å²) in [6.07, 6.45) is 0.909. The first kappa shape index (κ1) is 12.0. The largest absolute Gasteiger partial charge is 0.388 e. The van der Waals surface area contributed by atoms with Gasteiger partial charge in [0.15, 0.2) is 0 Å². The van der Waals surface area contributed by atoms with Crippen molar-refractivity contribution in [2.75, 3.05) is 18.1 Å². The monoisotopic (exact) mass is 237 g/mol. The van der Waals surface area contributed by atoms with Crippen molar-refractivity contribution in [3.05, 3.63) is 35.9 Å². The van der Waals surface area contributed by atoms with E-state index in [2.05, 4.69) is 24.4 Å². The van der Waals surface area contributed by atoms with E-state index >= 15 is 0 Å². The Labute approximate surface area is 101 Å². The van der Waals surface area contributed by atoms with Crippen molar-refractivity contribution in [2.45, 2.75) is 25.0 Å². The van der Waals surface area contributed by atoms with Crippen LogP contribution in [0.3, 0.4) is 0 Å². The van der Waals surface area contributed by atoms with Gasteiger partial charge in [-0.2, -0.15) is 11.8 Å². The number of rotatable bonds is 4. The summed E-state index contributed by atoms with van der Waals surface area (Å²) >= 11 is 1.84. The summed E-state index contributed by atoms with van der Waals surface area (Å²) < 4.78 is 0. The minimum atomic E-state index is -0.492. The standard InChI is InChI=1S/C13H19NOS/c1-11(12-5-3-2-4-6-12)14-9-13(15)7-8-16-10-13/h2-6,11,14-15H,7-10H2,1H3. The first-order valence-corrected chi connectivity index (χ1v) is 6.94. The fourth-order valence-electron chi connectivity index (χ4n) is 1.94. The van der Waals surface area contributed by atoms with Gasteiger partial charge in [0.2, 0.25) is 0 Å². The van der Waals surface area contributed by atoms with Gasteiger partial charge in [-0.05, 0) is 24.7 Å². The first-order valence-electron chi connectivity index (χ1n) is 5.78. The average Bonchev–Trinajstić information content (AvgIpc) is 2.75. The third-order valence-electron chi connectivity index (χ3n) is 3.12. The summed E-state index contributed by atoms with van der Waals surface area (Å²) in [6.45, 7) is 2.83. The van der Waals surface area contributed by atoms with Crippen molar-refractivity contribution in [1.29, 1.82) is 0 Å². The third kappa shape index (κ3) is 3.00. The van der Waals surface area contributed by atoms with Gasteiger partial charge >= 0.3 is 0 Å². The van der Waals surface area contributed by atoms with Crippen molar-refractivity contribution in [1.82, 2.24) is 5.32 Å². The normalized spacial score (nSPS) is 26.9. The summed E-state index contributed by atoms with van der Waals surface area (Å²) in [5, 5.41) is 13.6. The van der Waals surface area contributed by atoms with E-state index in [0.29, 0.717) is 12.6 Å². The Morgan fingerprint density at radius 1 is 1.44 bits per heavy atom. The molecule has 1 aromatic rings. The van der Waals surface area contributed by atoms with Gasteiger partial charge in [-0.1, -0.05) is 30.3 Å². The average molecular weight is 237 g/mol. The maximum absolute atomic E-state index is 10.2. The second kappa shape index (κ2) is 5.21. The highest BCUT2D eigenvalue weighted by molar-refractivity contribution is 7.99. The van der Waals surface area contributed by atoms with E-state index in [4.69, 9.17) is 0 Å². The number of hydrogen-bond acceptors (Lipinski definition) is 3. The Morgan fingerprint density at radius 2 is 2.19 bits per heavy atom. The van der Waals surface area contributed by atoms with Gasteiger partial charge in [-0.25, -0.2) is 0 Å². The molecule has 16 heavy (non-hydrogen) atoms. The Hall–Kier alpha value is -0.510. The highest BCUT2D eigenvalue weighted by atomic mass is 32.2. The highest BCUT2D eigenvalue weighted by Crippen LogP contribution is 2.27. The molecule has 0 bridgehead atoms. The fourth-order valence-corrected chi connectivity index (χ4v) is 3.23. The molecule has 2 nitrogen and oxygen atoms in total. The van der Waals surface area contributed by atoms with Crippen LogP contribution in [0, 0.1) is 0 Å². The molecule has 2 unspecified atom stereocenters. The van der Waals surface area contributed by atoms with Gasteiger partial charge in [-0.3, -0.25) is 0 Å². The van der Waals surface area contributed by atoms with E-state index in [1.807, 2.05) is 30.0 Å². The highest BCUT2D eigenvalue weighted by Gasteiger charge is 2.31. The summed E-state index contributed by atoms with van der Waals surface area (Å²) in [7, 11) is 0. The second-order valence-corrected chi connectivity index (χ2v) is 5.65. The fraction of sp³-hybridized carbons (Fsp3) is 0.538. The molecule has 3 heteroatoms. The zero-order valence-corrected chi connectivity index (χ0v) is 10.5. The van der Waals surface area contributed by atoms with Gasteiger partial charge in [-0.15, -0.1) is 0 Å². The van der Waals surface area contributed by atoms with Crippen LogP contribution in [-0.4, -0.2) is 28.8 Å². The molecule has 0 aromatic heterocycles. The quantitative estimate of drug-likeness (QED) is 0.842. The van der Waals surface area contributed by atoms with Crippen LogP contribution in [0.1, 0.15) is 24.9 Å². The van der Waals surface area contributed by atoms with Crippen molar-refractivity contribution in [3.8, 4) is 0 Å². The van der Waals surface area contributed by atoms with Gasteiger partial charge in [0.1, 0.15) is 0 Å². The van der Waals surface area contributed by atoms with E-state index in [9.17, 15) is 5.11 Å². The van der Waals surface area contributed by atoms with E-state index in [0.717, 1.165) is 17.9 Å². The minimum absolute atomic E-state index is 0.302. The van der Waals surface area contributed by atoms with Crippen LogP contribution in [0.2, 0.25) is 0 Å². The summed E-state index contributed by atoms with van der Waals surface area (Å²) in [5.41, 5.74) is 0.782. The minimum Gasteiger partial charge on any atom is -0.388 e. The van der Waals surface area contributed by atoms with Gasteiger partial charge in [0.25, 0.3) is 0 Å². The van der Waals surface area contributed by atoms with E-state index in [1.54, 1.807) is 0 Å². The van der Waals surface area contributed by atoms with Crippen molar-refractivity contribution >= 4 is 11.8 Å². The molecule has 1 heterocycles. The summed E-state index contributed by atoms with van der Waals surface area (Å²) in [5.74, 6) is 1.94. The van der Waals surface area contributed by atoms with Crippen LogP contribution in [0.5, 0.6) is 0 Å². The lowest BCUT2D eigenvalue weighted by atomic mass is 10.0. The van der Waals surface area contributed by atoms with Crippen LogP contribution in [0.4, 0.5) is 0 Å². The zero-order chi connectivity index (χ0) is 11.4. The van der Waals surface area contributed by atoms with E-state index in [1.165, 1.54) is 5.56 Å². The third-order valence-corrected chi connectivity index (χ3v) is 4.35. The number of nitrogens with one attached hydrogen (secondary N) is 1. The molecule has 0 amide bonds. The van der Waals surface area contributed by atoms with Gasteiger partial charge in [0, 0.05) is 18.3 Å². The lowest BCUT2D eigenvalue weighted by Crippen LogP contribution is -2.41. The lowest BCUT2D eigenvalue weighted by molar-refractivity contribution is 0.0651. The van der Waals surface area contributed by atoms with Crippen molar-refractivity contribution < 1.29 is 5.11 Å². The molecular weight excluding hydrogens is 218 g/mol. The van der Waals surface area contributed by atoms with Crippen LogP contribution < -0.4 is 5.32 Å². The molecule has 1 aliphatic heterocycles. The molecular formula is C13H19NOS. The van der Waals surface area contributed by atoms with Crippen LogP contribution in [-0.2, 0) is 0 Å². The molecule has 1 saturated heterocycles. The van der Waals surface area contributed by atoms with Crippen LogP contribution in [0.25, 0.3) is 0 Å². The molecule has 2 atom stereocenters. The number of aliphatic hydroxyl groups is 1. The Bertz CT molecular complexity index is 322. The second-order valence-electron chi connectivity index (χ2n) is 4.54. The Balaban J connectivity index is 1.86. The van der Waals surface area contributed by atoms with Gasteiger partial charge in [0.05, 0.1) is 5.60 Å². The molecule has 0 saturated carbocycles. The number of benzene rings is 1. The molecule has 1 fully saturated rings. The van der Waals surface area contributed by atoms with Crippen LogP contribution >= 0.6 is 11.8 Å². The topological polar surface area (TPSA) is 32.3 Å². The molecule has 0 radical (unpaired) electrons. The van der Waals surface area contributed by atoms with Crippen LogP contribution in [0.15, 0.2) is 30.3 Å². The predicted octanol–water partition coefficient (Wildman–Crippen LogP) is 2.21. The van der Waals surface area contributed by atoms with E-state index < -0.39 is 5.60 Å². The predicted molar refractivity (Wildman–Crippen MR) is 69.8 cm³/mol. The maximum Gasteiger partial charge on any atom is 0.0869 e. The number of hydrogen-bond donors (Lipinski definition) is 2. The summed E-state index contributed by atoms with van der Waals surface area (Å²) in [6, 6.07) is 10.7. The lowest BCUT2D eigenvalue weighted by Gasteiger charge is -2.24. The van der Waals surface area contributed by atoms with Gasteiger partial charge < -0.3 is 10.4 Å². The van der Waals surface area contributed by atoms with E-state index in [-0.39, 0.29) is 0 Å². The molecule has 88 valence electrons. The molecule has 2 N–H and O–H groups in total. The molecule has 1 aromatic carbocycles. The molecule has 0 spiro atoms. The van der Waals surface area contributed by atoms with Crippen molar-refractivity contribution in [3.63, 3.8) is 0 Å². The Kier molecular flexibility index (Phi) is 3.90. The molecule has 1 aliphatic rings. The SMILES string of the molecule is CC(NCC1(O)CCSC1)c1ccccc1. The molecule has 0 aliphatic carbocycles. The summed E-state index contributed by atoms with van der Waals surface area (Å²) in [4.78, 5) is 0. The number of thioether (sulfide) groups is 1. The maximum atomic E-state index is 10.2. The Morgan fingerprint density at radius 3 is 2.81 bits per heavy atom. The zero-order valence-electron chi connectivity index (χ0n) is 9.65. The van der Waals surface area contributed by atoms with Crippen molar-refractivity contribution in [2.24, 2.45) is 0 Å². The smallest absolute Gasteiger partial charge is 0.0869 e. The first-order chi connectivity index (χ1) is 7.70.